The van der Waals surface area contributed by atoms with Crippen LogP contribution < -0.4 is 0 Å². The van der Waals surface area contributed by atoms with E-state index in [2.05, 4.69) is 60.7 Å². The van der Waals surface area contributed by atoms with Crippen LogP contribution >= 0.6 is 0 Å². The van der Waals surface area contributed by atoms with Crippen LogP contribution in [0, 0.1) is 22.2 Å². The van der Waals surface area contributed by atoms with Gasteiger partial charge in [-0.25, -0.2) is 0 Å². The SMILES string of the molecule is CC1(C)C(=O)/C(=C\O)C[C@]2(C)C3=CCCC[C@]3(CO[Si](C)(C)C(C)(C)C)CC[C@@H]12. The van der Waals surface area contributed by atoms with Crippen LogP contribution in [-0.2, 0) is 9.22 Å². The number of ketones is 1. The maximum absolute atomic E-state index is 13.0. The summed E-state index contributed by atoms with van der Waals surface area (Å²) in [7, 11) is -1.83. The van der Waals surface area contributed by atoms with Gasteiger partial charge in [0.05, 0.1) is 6.26 Å². The molecule has 0 aromatic rings. The Morgan fingerprint density at radius 1 is 1.24 bits per heavy atom. The summed E-state index contributed by atoms with van der Waals surface area (Å²) in [6.07, 6.45) is 9.91. The topological polar surface area (TPSA) is 46.5 Å². The molecular weight excluding hydrogens is 376 g/mol. The molecule has 0 radical (unpaired) electrons. The molecule has 164 valence electrons. The molecule has 4 heteroatoms. The summed E-state index contributed by atoms with van der Waals surface area (Å²) in [5.41, 5.74) is 1.69. The van der Waals surface area contributed by atoms with Crippen LogP contribution in [0.4, 0.5) is 0 Å². The van der Waals surface area contributed by atoms with Gasteiger partial charge in [-0.1, -0.05) is 53.2 Å². The van der Waals surface area contributed by atoms with Gasteiger partial charge in [0, 0.05) is 23.0 Å². The molecule has 3 nitrogen and oxygen atoms in total. The van der Waals surface area contributed by atoms with Gasteiger partial charge in [0.2, 0.25) is 0 Å². The molecule has 0 saturated heterocycles. The lowest BCUT2D eigenvalue weighted by atomic mass is 9.43. The zero-order valence-corrected chi connectivity index (χ0v) is 20.9. The van der Waals surface area contributed by atoms with Crippen molar-refractivity contribution in [2.75, 3.05) is 6.61 Å². The highest BCUT2D eigenvalue weighted by atomic mass is 28.4. The van der Waals surface area contributed by atoms with Crippen molar-refractivity contribution in [1.29, 1.82) is 0 Å². The largest absolute Gasteiger partial charge is 0.515 e. The molecular formula is C25H42O3Si. The van der Waals surface area contributed by atoms with Crippen molar-refractivity contribution < 1.29 is 14.3 Å². The molecule has 3 aliphatic rings. The second-order valence-corrected chi connectivity index (χ2v) is 17.0. The van der Waals surface area contributed by atoms with Gasteiger partial charge in [0.1, 0.15) is 0 Å². The van der Waals surface area contributed by atoms with Crippen LogP contribution in [0.25, 0.3) is 0 Å². The maximum Gasteiger partial charge on any atom is 0.192 e. The summed E-state index contributed by atoms with van der Waals surface area (Å²) >= 11 is 0. The molecule has 0 amide bonds. The molecule has 2 fully saturated rings. The van der Waals surface area contributed by atoms with Gasteiger partial charge >= 0.3 is 0 Å². The summed E-state index contributed by atoms with van der Waals surface area (Å²) in [5, 5.41) is 10.0. The number of hydrogen-bond donors (Lipinski definition) is 1. The molecule has 2 saturated carbocycles. The Balaban J connectivity index is 2.00. The highest BCUT2D eigenvalue weighted by molar-refractivity contribution is 6.74. The van der Waals surface area contributed by atoms with E-state index in [0.717, 1.165) is 32.1 Å². The monoisotopic (exact) mass is 418 g/mol. The highest BCUT2D eigenvalue weighted by Gasteiger charge is 2.61. The third kappa shape index (κ3) is 3.48. The van der Waals surface area contributed by atoms with E-state index < -0.39 is 13.7 Å². The van der Waals surface area contributed by atoms with E-state index in [1.54, 1.807) is 0 Å². The first-order chi connectivity index (χ1) is 13.2. The first-order valence-electron chi connectivity index (χ1n) is 11.4. The standard InChI is InChI=1S/C25H42O3Si/c1-22(2,3)29(7,8)28-17-25-13-10-9-11-20(25)24(6)15-18(16-26)21(27)23(4,5)19(24)12-14-25/h11,16,19,26H,9-10,12-15,17H2,1-8H3/b18-16-/t19-,24-,25+/m0/s1. The van der Waals surface area contributed by atoms with Crippen molar-refractivity contribution in [3.8, 4) is 0 Å². The zero-order valence-electron chi connectivity index (χ0n) is 19.9. The zero-order chi connectivity index (χ0) is 21.9. The van der Waals surface area contributed by atoms with Crippen LogP contribution in [-0.4, -0.2) is 25.8 Å². The van der Waals surface area contributed by atoms with E-state index in [-0.39, 0.29) is 21.7 Å². The van der Waals surface area contributed by atoms with Gasteiger partial charge in [-0.05, 0) is 68.0 Å². The summed E-state index contributed by atoms with van der Waals surface area (Å²) in [4.78, 5) is 13.0. The van der Waals surface area contributed by atoms with Crippen LogP contribution in [0.3, 0.4) is 0 Å². The predicted molar refractivity (Wildman–Crippen MR) is 122 cm³/mol. The lowest BCUT2D eigenvalue weighted by Crippen LogP contribution is -2.57. The second kappa shape index (κ2) is 7.08. The van der Waals surface area contributed by atoms with Gasteiger partial charge in [-0.2, -0.15) is 0 Å². The minimum absolute atomic E-state index is 0.0819. The second-order valence-electron chi connectivity index (χ2n) is 12.2. The van der Waals surface area contributed by atoms with Crippen molar-refractivity contribution in [2.45, 2.75) is 98.2 Å². The van der Waals surface area contributed by atoms with Gasteiger partial charge in [0.15, 0.2) is 14.1 Å². The molecule has 3 aliphatic carbocycles. The van der Waals surface area contributed by atoms with Gasteiger partial charge < -0.3 is 9.53 Å². The van der Waals surface area contributed by atoms with E-state index in [1.165, 1.54) is 18.4 Å². The number of aliphatic hydroxyl groups excluding tert-OH is 1. The van der Waals surface area contributed by atoms with E-state index in [1.807, 2.05) is 0 Å². The van der Waals surface area contributed by atoms with Crippen molar-refractivity contribution in [1.82, 2.24) is 0 Å². The quantitative estimate of drug-likeness (QED) is 0.233. The number of Topliss-reactive ketones (excluding diaryl/α,β-unsaturated/α-hetero) is 1. The molecule has 0 aromatic heterocycles. The van der Waals surface area contributed by atoms with Crippen molar-refractivity contribution in [3.63, 3.8) is 0 Å². The van der Waals surface area contributed by atoms with Gasteiger partial charge in [0.25, 0.3) is 0 Å². The molecule has 0 spiro atoms. The smallest absolute Gasteiger partial charge is 0.192 e. The molecule has 1 N–H and O–H groups in total. The first kappa shape index (κ1) is 22.8. The highest BCUT2D eigenvalue weighted by Crippen LogP contribution is 2.66. The molecule has 0 heterocycles. The summed E-state index contributed by atoms with van der Waals surface area (Å²) < 4.78 is 6.81. The average molecular weight is 419 g/mol. The van der Waals surface area contributed by atoms with Crippen LogP contribution in [0.2, 0.25) is 18.1 Å². The van der Waals surface area contributed by atoms with Crippen LogP contribution in [0.5, 0.6) is 0 Å². The summed E-state index contributed by atoms with van der Waals surface area (Å²) in [6.45, 7) is 18.9. The number of fused-ring (bicyclic) bond motifs is 3. The fourth-order valence-electron chi connectivity index (χ4n) is 6.35. The third-order valence-corrected chi connectivity index (χ3v) is 13.5. The predicted octanol–water partition coefficient (Wildman–Crippen LogP) is 6.96. The van der Waals surface area contributed by atoms with Crippen LogP contribution in [0.15, 0.2) is 23.5 Å². The molecule has 0 bridgehead atoms. The molecule has 0 aromatic carbocycles. The number of carbonyl (C=O) groups excluding carboxylic acids is 1. The average Bonchev–Trinajstić information content (AvgIpc) is 2.62. The Bertz CT molecular complexity index is 740. The molecule has 0 unspecified atom stereocenters. The Kier molecular flexibility index (Phi) is 5.57. The molecule has 29 heavy (non-hydrogen) atoms. The molecule has 3 atom stereocenters. The Hall–Kier alpha value is -0.873. The van der Waals surface area contributed by atoms with E-state index in [4.69, 9.17) is 4.43 Å². The Morgan fingerprint density at radius 2 is 1.90 bits per heavy atom. The third-order valence-electron chi connectivity index (χ3n) is 9.05. The van der Waals surface area contributed by atoms with Crippen molar-refractivity contribution in [3.05, 3.63) is 23.5 Å². The molecule has 0 aliphatic heterocycles. The number of hydrogen-bond acceptors (Lipinski definition) is 3. The van der Waals surface area contributed by atoms with E-state index >= 15 is 0 Å². The number of rotatable bonds is 3. The summed E-state index contributed by atoms with van der Waals surface area (Å²) in [6, 6.07) is 0. The van der Waals surface area contributed by atoms with Crippen molar-refractivity contribution in [2.24, 2.45) is 22.2 Å². The van der Waals surface area contributed by atoms with Crippen LogP contribution in [0.1, 0.15) is 80.1 Å². The Morgan fingerprint density at radius 3 is 2.48 bits per heavy atom. The molecule has 3 rings (SSSR count). The number of aliphatic hydroxyl groups is 1. The Labute approximate surface area is 179 Å². The minimum Gasteiger partial charge on any atom is -0.515 e. The lowest BCUT2D eigenvalue weighted by molar-refractivity contribution is -0.136. The fraction of sp³-hybridized carbons (Fsp3) is 0.800. The number of allylic oxidation sites excluding steroid dienone is 2. The fourth-order valence-corrected chi connectivity index (χ4v) is 7.42. The van der Waals surface area contributed by atoms with E-state index in [9.17, 15) is 9.90 Å². The van der Waals surface area contributed by atoms with Gasteiger partial charge in [-0.15, -0.1) is 0 Å². The first-order valence-corrected chi connectivity index (χ1v) is 14.4. The van der Waals surface area contributed by atoms with Crippen molar-refractivity contribution >= 4 is 14.1 Å². The van der Waals surface area contributed by atoms with E-state index in [0.29, 0.717) is 17.9 Å². The normalized spacial score (nSPS) is 36.4. The number of carbonyl (C=O) groups is 1. The maximum atomic E-state index is 13.0. The lowest BCUT2D eigenvalue weighted by Gasteiger charge is -2.61. The van der Waals surface area contributed by atoms with Gasteiger partial charge in [-0.3, -0.25) is 4.79 Å². The minimum atomic E-state index is -1.83. The summed E-state index contributed by atoms with van der Waals surface area (Å²) in [5.74, 6) is 0.445.